The number of carbonyl (C=O) groups is 1. The second-order valence-corrected chi connectivity index (χ2v) is 5.49. The lowest BCUT2D eigenvalue weighted by Crippen LogP contribution is -2.27. The normalized spacial score (nSPS) is 11.6. The molecule has 0 saturated carbocycles. The van der Waals surface area contributed by atoms with Crippen molar-refractivity contribution in [2.75, 3.05) is 0 Å². The standard InChI is InChI=1S/C14H28O3/c1-6-8-10-12(11-9-7-2)16-13(15)17-14(3,4)5/h12H,6-11H2,1-5H3. The van der Waals surface area contributed by atoms with Gasteiger partial charge in [0.05, 0.1) is 0 Å². The topological polar surface area (TPSA) is 35.5 Å². The van der Waals surface area contributed by atoms with Gasteiger partial charge in [-0.25, -0.2) is 4.79 Å². The predicted octanol–water partition coefficient (Wildman–Crippen LogP) is 4.69. The summed E-state index contributed by atoms with van der Waals surface area (Å²) >= 11 is 0. The molecular formula is C14H28O3. The molecule has 0 aromatic carbocycles. The van der Waals surface area contributed by atoms with Crippen molar-refractivity contribution in [1.29, 1.82) is 0 Å². The van der Waals surface area contributed by atoms with Crippen molar-refractivity contribution in [1.82, 2.24) is 0 Å². The highest BCUT2D eigenvalue weighted by molar-refractivity contribution is 5.60. The molecule has 3 nitrogen and oxygen atoms in total. The van der Waals surface area contributed by atoms with Gasteiger partial charge in [-0.05, 0) is 33.6 Å². The minimum atomic E-state index is -0.533. The molecule has 0 aliphatic heterocycles. The van der Waals surface area contributed by atoms with Gasteiger partial charge in [0.15, 0.2) is 0 Å². The molecule has 102 valence electrons. The summed E-state index contributed by atoms with van der Waals surface area (Å²) < 4.78 is 10.5. The summed E-state index contributed by atoms with van der Waals surface area (Å²) in [6.45, 7) is 9.83. The zero-order chi connectivity index (χ0) is 13.3. The minimum absolute atomic E-state index is 0.0183. The SMILES string of the molecule is CCCCC(CCCC)OC(=O)OC(C)(C)C. The summed E-state index contributed by atoms with van der Waals surface area (Å²) in [4.78, 5) is 11.6. The van der Waals surface area contributed by atoms with Gasteiger partial charge in [-0.15, -0.1) is 0 Å². The highest BCUT2D eigenvalue weighted by atomic mass is 16.7. The summed E-state index contributed by atoms with van der Waals surface area (Å²) in [5, 5.41) is 0. The Hall–Kier alpha value is -0.730. The van der Waals surface area contributed by atoms with Crippen molar-refractivity contribution in [3.8, 4) is 0 Å². The van der Waals surface area contributed by atoms with Crippen LogP contribution in [0.15, 0.2) is 0 Å². The first-order chi connectivity index (χ1) is 7.89. The summed E-state index contributed by atoms with van der Waals surface area (Å²) in [6, 6.07) is 0. The Morgan fingerprint density at radius 2 is 1.53 bits per heavy atom. The highest BCUT2D eigenvalue weighted by Crippen LogP contribution is 2.15. The third-order valence-electron chi connectivity index (χ3n) is 2.41. The molecule has 0 saturated heterocycles. The minimum Gasteiger partial charge on any atom is -0.431 e. The van der Waals surface area contributed by atoms with E-state index in [1.54, 1.807) is 0 Å². The number of rotatable bonds is 7. The van der Waals surface area contributed by atoms with Gasteiger partial charge in [-0.2, -0.15) is 0 Å². The number of unbranched alkanes of at least 4 members (excludes halogenated alkanes) is 2. The maximum atomic E-state index is 11.6. The van der Waals surface area contributed by atoms with E-state index < -0.39 is 11.8 Å². The third kappa shape index (κ3) is 10.2. The lowest BCUT2D eigenvalue weighted by atomic mass is 10.1. The average Bonchev–Trinajstić information content (AvgIpc) is 2.19. The van der Waals surface area contributed by atoms with Crippen LogP contribution in [0, 0.1) is 0 Å². The molecule has 0 aliphatic rings. The maximum Gasteiger partial charge on any atom is 0.509 e. The van der Waals surface area contributed by atoms with Crippen LogP contribution in [0.2, 0.25) is 0 Å². The Morgan fingerprint density at radius 1 is 1.06 bits per heavy atom. The molecule has 0 N–H and O–H groups in total. The van der Waals surface area contributed by atoms with Gasteiger partial charge in [0, 0.05) is 0 Å². The van der Waals surface area contributed by atoms with Gasteiger partial charge in [-0.1, -0.05) is 39.5 Å². The number of ether oxygens (including phenoxy) is 2. The van der Waals surface area contributed by atoms with Crippen LogP contribution in [0.4, 0.5) is 4.79 Å². The zero-order valence-electron chi connectivity index (χ0n) is 12.0. The van der Waals surface area contributed by atoms with E-state index in [9.17, 15) is 4.79 Å². The van der Waals surface area contributed by atoms with E-state index in [2.05, 4.69) is 13.8 Å². The van der Waals surface area contributed by atoms with Crippen molar-refractivity contribution < 1.29 is 14.3 Å². The van der Waals surface area contributed by atoms with Crippen molar-refractivity contribution >= 4 is 6.16 Å². The molecule has 0 atom stereocenters. The average molecular weight is 244 g/mol. The second-order valence-electron chi connectivity index (χ2n) is 5.49. The first-order valence-corrected chi connectivity index (χ1v) is 6.78. The molecule has 0 aromatic heterocycles. The molecule has 0 heterocycles. The Balaban J connectivity index is 4.07. The molecule has 0 aromatic rings. The summed E-state index contributed by atoms with van der Waals surface area (Å²) in [6.07, 6.45) is 5.81. The van der Waals surface area contributed by atoms with E-state index >= 15 is 0 Å². The molecule has 3 heteroatoms. The predicted molar refractivity (Wildman–Crippen MR) is 70.2 cm³/mol. The molecular weight excluding hydrogens is 216 g/mol. The van der Waals surface area contributed by atoms with E-state index in [0.29, 0.717) is 0 Å². The van der Waals surface area contributed by atoms with Crippen molar-refractivity contribution in [3.05, 3.63) is 0 Å². The van der Waals surface area contributed by atoms with Gasteiger partial charge < -0.3 is 9.47 Å². The molecule has 0 rings (SSSR count). The summed E-state index contributed by atoms with van der Waals surface area (Å²) in [7, 11) is 0. The largest absolute Gasteiger partial charge is 0.509 e. The summed E-state index contributed by atoms with van der Waals surface area (Å²) in [5.74, 6) is 0. The van der Waals surface area contributed by atoms with E-state index in [0.717, 1.165) is 38.5 Å². The Bertz CT molecular complexity index is 198. The number of hydrogen-bond donors (Lipinski definition) is 0. The van der Waals surface area contributed by atoms with Crippen molar-refractivity contribution in [3.63, 3.8) is 0 Å². The van der Waals surface area contributed by atoms with Crippen LogP contribution in [0.25, 0.3) is 0 Å². The van der Waals surface area contributed by atoms with Gasteiger partial charge in [-0.3, -0.25) is 0 Å². The van der Waals surface area contributed by atoms with E-state index in [4.69, 9.17) is 9.47 Å². The maximum absolute atomic E-state index is 11.6. The van der Waals surface area contributed by atoms with Gasteiger partial charge in [0.25, 0.3) is 0 Å². The van der Waals surface area contributed by atoms with Crippen molar-refractivity contribution in [2.24, 2.45) is 0 Å². The Kier molecular flexibility index (Phi) is 8.01. The molecule has 0 aliphatic carbocycles. The second kappa shape index (κ2) is 8.37. The van der Waals surface area contributed by atoms with E-state index in [-0.39, 0.29) is 6.10 Å². The molecule has 0 spiro atoms. The van der Waals surface area contributed by atoms with Crippen LogP contribution in [-0.2, 0) is 9.47 Å². The highest BCUT2D eigenvalue weighted by Gasteiger charge is 2.20. The van der Waals surface area contributed by atoms with Crippen LogP contribution in [0.1, 0.15) is 73.1 Å². The Labute approximate surface area is 106 Å². The summed E-state index contributed by atoms with van der Waals surface area (Å²) in [5.41, 5.74) is -0.475. The van der Waals surface area contributed by atoms with Gasteiger partial charge in [0.2, 0.25) is 0 Å². The molecule has 0 radical (unpaired) electrons. The van der Waals surface area contributed by atoms with Gasteiger partial charge in [0.1, 0.15) is 11.7 Å². The fraction of sp³-hybridized carbons (Fsp3) is 0.929. The molecule has 0 fully saturated rings. The van der Waals surface area contributed by atoms with Crippen LogP contribution >= 0.6 is 0 Å². The van der Waals surface area contributed by atoms with Crippen molar-refractivity contribution in [2.45, 2.75) is 84.8 Å². The third-order valence-corrected chi connectivity index (χ3v) is 2.41. The fourth-order valence-electron chi connectivity index (χ4n) is 1.54. The quantitative estimate of drug-likeness (QED) is 0.610. The molecule has 17 heavy (non-hydrogen) atoms. The first kappa shape index (κ1) is 16.3. The molecule has 0 amide bonds. The lowest BCUT2D eigenvalue weighted by molar-refractivity contribution is -0.0305. The van der Waals surface area contributed by atoms with Gasteiger partial charge >= 0.3 is 6.16 Å². The molecule has 0 unspecified atom stereocenters. The number of carbonyl (C=O) groups excluding carboxylic acids is 1. The monoisotopic (exact) mass is 244 g/mol. The number of hydrogen-bond acceptors (Lipinski definition) is 3. The van der Waals surface area contributed by atoms with E-state index in [1.807, 2.05) is 20.8 Å². The van der Waals surface area contributed by atoms with Crippen LogP contribution in [0.5, 0.6) is 0 Å². The zero-order valence-corrected chi connectivity index (χ0v) is 12.0. The smallest absolute Gasteiger partial charge is 0.431 e. The van der Waals surface area contributed by atoms with E-state index in [1.165, 1.54) is 0 Å². The molecule has 0 bridgehead atoms. The van der Waals surface area contributed by atoms with Crippen LogP contribution in [0.3, 0.4) is 0 Å². The van der Waals surface area contributed by atoms with Crippen LogP contribution in [-0.4, -0.2) is 17.9 Å². The first-order valence-electron chi connectivity index (χ1n) is 6.78. The lowest BCUT2D eigenvalue weighted by Gasteiger charge is -2.22. The Morgan fingerprint density at radius 3 is 1.88 bits per heavy atom. The fourth-order valence-corrected chi connectivity index (χ4v) is 1.54. The van der Waals surface area contributed by atoms with Crippen LogP contribution < -0.4 is 0 Å².